The summed E-state index contributed by atoms with van der Waals surface area (Å²) >= 11 is 0. The lowest BCUT2D eigenvalue weighted by Gasteiger charge is -2.08. The van der Waals surface area contributed by atoms with Crippen LogP contribution in [0.4, 0.5) is 0 Å². The van der Waals surface area contributed by atoms with Crippen molar-refractivity contribution in [2.75, 3.05) is 6.54 Å². The van der Waals surface area contributed by atoms with Gasteiger partial charge in [0.25, 0.3) is 5.91 Å². The van der Waals surface area contributed by atoms with Gasteiger partial charge >= 0.3 is 0 Å². The highest BCUT2D eigenvalue weighted by Crippen LogP contribution is 2.19. The van der Waals surface area contributed by atoms with Gasteiger partial charge in [0.05, 0.1) is 0 Å². The molecule has 0 aliphatic carbocycles. The van der Waals surface area contributed by atoms with Crippen molar-refractivity contribution in [3.8, 4) is 11.1 Å². The molecule has 1 aromatic heterocycles. The molecule has 5 heteroatoms. The Labute approximate surface area is 158 Å². The van der Waals surface area contributed by atoms with E-state index in [4.69, 9.17) is 0 Å². The normalized spacial score (nSPS) is 10.2. The fourth-order valence-electron chi connectivity index (χ4n) is 2.63. The van der Waals surface area contributed by atoms with Crippen molar-refractivity contribution in [1.82, 2.24) is 15.6 Å². The van der Waals surface area contributed by atoms with Crippen LogP contribution in [0.25, 0.3) is 11.1 Å². The topological polar surface area (TPSA) is 71.1 Å². The van der Waals surface area contributed by atoms with Crippen LogP contribution in [0.3, 0.4) is 0 Å². The van der Waals surface area contributed by atoms with Gasteiger partial charge in [-0.15, -0.1) is 0 Å². The first-order valence-corrected chi connectivity index (χ1v) is 8.81. The summed E-state index contributed by atoms with van der Waals surface area (Å²) in [6, 6.07) is 21.1. The molecule has 0 radical (unpaired) electrons. The molecule has 0 unspecified atom stereocenters. The molecule has 0 aliphatic heterocycles. The Kier molecular flexibility index (Phi) is 6.30. The molecule has 3 rings (SSSR count). The average molecular weight is 359 g/mol. The smallest absolute Gasteiger partial charge is 0.251 e. The van der Waals surface area contributed by atoms with Crippen molar-refractivity contribution in [2.24, 2.45) is 0 Å². The third kappa shape index (κ3) is 5.51. The molecule has 0 spiro atoms. The first kappa shape index (κ1) is 18.3. The number of nitrogens with one attached hydrogen (secondary N) is 2. The molecule has 27 heavy (non-hydrogen) atoms. The Morgan fingerprint density at radius 2 is 1.44 bits per heavy atom. The highest BCUT2D eigenvalue weighted by Gasteiger charge is 2.07. The average Bonchev–Trinajstić information content (AvgIpc) is 2.74. The van der Waals surface area contributed by atoms with Gasteiger partial charge in [-0.05, 0) is 41.0 Å². The highest BCUT2D eigenvalue weighted by atomic mass is 16.2. The molecule has 0 fully saturated rings. The van der Waals surface area contributed by atoms with Crippen LogP contribution in [-0.4, -0.2) is 23.3 Å². The summed E-state index contributed by atoms with van der Waals surface area (Å²) in [6.45, 7) is 0.748. The van der Waals surface area contributed by atoms with Gasteiger partial charge in [0.2, 0.25) is 5.91 Å². The minimum absolute atomic E-state index is 0.105. The second kappa shape index (κ2) is 9.29. The van der Waals surface area contributed by atoms with Gasteiger partial charge in [0.15, 0.2) is 0 Å². The molecule has 0 saturated carbocycles. The van der Waals surface area contributed by atoms with Crippen molar-refractivity contribution in [1.29, 1.82) is 0 Å². The van der Waals surface area contributed by atoms with Crippen LogP contribution in [0.15, 0.2) is 79.1 Å². The minimum atomic E-state index is -0.184. The Balaban J connectivity index is 1.43. The molecule has 2 aromatic carbocycles. The number of hydrogen-bond acceptors (Lipinski definition) is 3. The minimum Gasteiger partial charge on any atom is -0.352 e. The fraction of sp³-hybridized carbons (Fsp3) is 0.136. The van der Waals surface area contributed by atoms with E-state index in [-0.39, 0.29) is 18.2 Å². The second-order valence-corrected chi connectivity index (χ2v) is 6.08. The Morgan fingerprint density at radius 3 is 2.15 bits per heavy atom. The first-order chi connectivity index (χ1) is 13.2. The van der Waals surface area contributed by atoms with E-state index in [1.54, 1.807) is 24.5 Å². The number of aromatic nitrogens is 1. The number of hydrogen-bond donors (Lipinski definition) is 2. The van der Waals surface area contributed by atoms with Gasteiger partial charge in [-0.1, -0.05) is 42.5 Å². The number of benzene rings is 2. The van der Waals surface area contributed by atoms with Crippen LogP contribution >= 0.6 is 0 Å². The first-order valence-electron chi connectivity index (χ1n) is 8.81. The Hall–Kier alpha value is -3.47. The van der Waals surface area contributed by atoms with E-state index < -0.39 is 0 Å². The zero-order valence-corrected chi connectivity index (χ0v) is 14.9. The second-order valence-electron chi connectivity index (χ2n) is 6.08. The molecule has 5 nitrogen and oxygen atoms in total. The third-order valence-electron chi connectivity index (χ3n) is 4.13. The number of carbonyl (C=O) groups is 2. The van der Waals surface area contributed by atoms with E-state index in [1.807, 2.05) is 54.6 Å². The van der Waals surface area contributed by atoms with Crippen LogP contribution in [0, 0.1) is 0 Å². The molecule has 3 aromatic rings. The van der Waals surface area contributed by atoms with Crippen molar-refractivity contribution in [3.05, 3.63) is 90.3 Å². The van der Waals surface area contributed by atoms with Crippen molar-refractivity contribution in [2.45, 2.75) is 13.0 Å². The van der Waals surface area contributed by atoms with Crippen LogP contribution in [0.2, 0.25) is 0 Å². The molecule has 0 aliphatic rings. The molecule has 0 atom stereocenters. The predicted octanol–water partition coefficient (Wildman–Crippen LogP) is 3.18. The molecule has 136 valence electrons. The van der Waals surface area contributed by atoms with Gasteiger partial charge in [-0.25, -0.2) is 0 Å². The van der Waals surface area contributed by atoms with Crippen LogP contribution in [0.5, 0.6) is 0 Å². The summed E-state index contributed by atoms with van der Waals surface area (Å²) in [5, 5.41) is 5.60. The van der Waals surface area contributed by atoms with E-state index in [1.165, 1.54) is 0 Å². The third-order valence-corrected chi connectivity index (χ3v) is 4.13. The van der Waals surface area contributed by atoms with Gasteiger partial charge in [-0.2, -0.15) is 0 Å². The van der Waals surface area contributed by atoms with E-state index in [0.717, 1.165) is 16.7 Å². The zero-order chi connectivity index (χ0) is 18.9. The van der Waals surface area contributed by atoms with E-state index in [2.05, 4.69) is 15.6 Å². The molecular weight excluding hydrogens is 338 g/mol. The monoisotopic (exact) mass is 359 g/mol. The van der Waals surface area contributed by atoms with Crippen molar-refractivity contribution < 1.29 is 9.59 Å². The quantitative estimate of drug-likeness (QED) is 0.681. The molecule has 0 bridgehead atoms. The predicted molar refractivity (Wildman–Crippen MR) is 105 cm³/mol. The number of nitrogens with zero attached hydrogens (tertiary/aromatic N) is 1. The summed E-state index contributed by atoms with van der Waals surface area (Å²) in [6.07, 6.45) is 3.61. The highest BCUT2D eigenvalue weighted by molar-refractivity contribution is 5.94. The van der Waals surface area contributed by atoms with Crippen LogP contribution in [0.1, 0.15) is 22.3 Å². The zero-order valence-electron chi connectivity index (χ0n) is 14.9. The summed E-state index contributed by atoms with van der Waals surface area (Å²) in [7, 11) is 0. The van der Waals surface area contributed by atoms with Gasteiger partial charge in [-0.3, -0.25) is 14.6 Å². The van der Waals surface area contributed by atoms with Crippen LogP contribution in [-0.2, 0) is 11.3 Å². The molecule has 2 amide bonds. The molecule has 2 N–H and O–H groups in total. The Bertz CT molecular complexity index is 878. The van der Waals surface area contributed by atoms with Crippen molar-refractivity contribution >= 4 is 11.8 Å². The molecular formula is C22H21N3O2. The SMILES string of the molecule is O=C(CCNC(=O)c1ccc(-c2ccccc2)cc1)NCc1ccncc1. The maximum Gasteiger partial charge on any atom is 0.251 e. The number of carbonyl (C=O) groups excluding carboxylic acids is 2. The summed E-state index contributed by atoms with van der Waals surface area (Å²) < 4.78 is 0. The van der Waals surface area contributed by atoms with Gasteiger partial charge in [0.1, 0.15) is 0 Å². The standard InChI is InChI=1S/C22H21N3O2/c26-21(25-16-17-10-13-23-14-11-17)12-15-24-22(27)20-8-6-19(7-9-20)18-4-2-1-3-5-18/h1-11,13-14H,12,15-16H2,(H,24,27)(H,25,26). The number of pyridine rings is 1. The lowest BCUT2D eigenvalue weighted by Crippen LogP contribution is -2.30. The van der Waals surface area contributed by atoms with E-state index >= 15 is 0 Å². The maximum absolute atomic E-state index is 12.2. The fourth-order valence-corrected chi connectivity index (χ4v) is 2.63. The number of amides is 2. The lowest BCUT2D eigenvalue weighted by molar-refractivity contribution is -0.121. The van der Waals surface area contributed by atoms with Crippen molar-refractivity contribution in [3.63, 3.8) is 0 Å². The summed E-state index contributed by atoms with van der Waals surface area (Å²) in [5.74, 6) is -0.289. The van der Waals surface area contributed by atoms with E-state index in [0.29, 0.717) is 18.7 Å². The summed E-state index contributed by atoms with van der Waals surface area (Å²) in [4.78, 5) is 28.0. The van der Waals surface area contributed by atoms with Gasteiger partial charge < -0.3 is 10.6 Å². The Morgan fingerprint density at radius 1 is 0.778 bits per heavy atom. The van der Waals surface area contributed by atoms with Crippen LogP contribution < -0.4 is 10.6 Å². The summed E-state index contributed by atoms with van der Waals surface area (Å²) in [5.41, 5.74) is 3.73. The largest absolute Gasteiger partial charge is 0.352 e. The molecule has 0 saturated heterocycles. The maximum atomic E-state index is 12.2. The lowest BCUT2D eigenvalue weighted by atomic mass is 10.0. The molecule has 1 heterocycles. The van der Waals surface area contributed by atoms with E-state index in [9.17, 15) is 9.59 Å². The van der Waals surface area contributed by atoms with Gasteiger partial charge in [0, 0.05) is 37.5 Å². The number of rotatable bonds is 7.